The Kier molecular flexibility index (Phi) is 16.2. The standard InChI is InChI=1S/C26H29FN2O2.C24H24FNO3/c1-29(2)24(30)18-26(16-6-3-7-17-26)19-28-25(31)22-14-11-20(12-15-22)10-13-21-8-4-5-9-23(21)27;25-21-7-3-2-6-19(21)11-8-18-9-12-20(13-10-18)23(29)26-17-24(16-22(27)28)14-4-1-5-15-24/h4-5,8-9,11-12,14-15H,3,6-7,16-19H2,1-2H3,(H,28,31);2-3,6-7,9-10,12-13H,1,4-5,14-17H2,(H,26,29)(H,27,28). The van der Waals surface area contributed by atoms with E-state index in [4.69, 9.17) is 0 Å². The highest BCUT2D eigenvalue weighted by molar-refractivity contribution is 5.95. The molecular formula is C50H53F2N3O5. The Morgan fingerprint density at radius 1 is 0.567 bits per heavy atom. The number of hydrogen-bond donors (Lipinski definition) is 3. The van der Waals surface area contributed by atoms with Crippen molar-refractivity contribution in [3.05, 3.63) is 142 Å². The van der Waals surface area contributed by atoms with Crippen LogP contribution < -0.4 is 10.6 Å². The second kappa shape index (κ2) is 21.7. The third-order valence-corrected chi connectivity index (χ3v) is 11.4. The van der Waals surface area contributed by atoms with Crippen LogP contribution in [-0.2, 0) is 9.59 Å². The van der Waals surface area contributed by atoms with E-state index in [1.54, 1.807) is 104 Å². The highest BCUT2D eigenvalue weighted by Gasteiger charge is 2.36. The lowest BCUT2D eigenvalue weighted by atomic mass is 9.71. The maximum Gasteiger partial charge on any atom is 0.303 e. The van der Waals surface area contributed by atoms with Gasteiger partial charge in [0.1, 0.15) is 11.6 Å². The Morgan fingerprint density at radius 2 is 0.950 bits per heavy atom. The summed E-state index contributed by atoms with van der Waals surface area (Å²) in [4.78, 5) is 50.4. The van der Waals surface area contributed by atoms with Crippen LogP contribution in [0, 0.1) is 46.1 Å². The maximum atomic E-state index is 13.7. The van der Waals surface area contributed by atoms with Gasteiger partial charge in [-0.3, -0.25) is 19.2 Å². The van der Waals surface area contributed by atoms with Crippen molar-refractivity contribution >= 4 is 23.7 Å². The topological polar surface area (TPSA) is 116 Å². The maximum absolute atomic E-state index is 13.7. The minimum absolute atomic E-state index is 0.0812. The minimum atomic E-state index is -0.820. The van der Waals surface area contributed by atoms with E-state index < -0.39 is 5.97 Å². The van der Waals surface area contributed by atoms with Crippen molar-refractivity contribution in [2.75, 3.05) is 27.2 Å². The largest absolute Gasteiger partial charge is 0.481 e. The number of nitrogens with one attached hydrogen (secondary N) is 2. The van der Waals surface area contributed by atoms with Gasteiger partial charge in [-0.25, -0.2) is 8.78 Å². The molecule has 4 aromatic carbocycles. The summed E-state index contributed by atoms with van der Waals surface area (Å²) in [5, 5.41) is 15.2. The molecule has 3 N–H and O–H groups in total. The fourth-order valence-corrected chi connectivity index (χ4v) is 7.79. The van der Waals surface area contributed by atoms with E-state index in [9.17, 15) is 33.1 Å². The van der Waals surface area contributed by atoms with Crippen LogP contribution in [0.3, 0.4) is 0 Å². The summed E-state index contributed by atoms with van der Waals surface area (Å²) in [6.45, 7) is 0.868. The number of rotatable bonds is 10. The van der Waals surface area contributed by atoms with Crippen molar-refractivity contribution in [1.82, 2.24) is 15.5 Å². The van der Waals surface area contributed by atoms with Gasteiger partial charge in [0.05, 0.1) is 17.5 Å². The van der Waals surface area contributed by atoms with Crippen LogP contribution in [-0.4, -0.2) is 60.9 Å². The number of carbonyl (C=O) groups excluding carboxylic acids is 3. The lowest BCUT2D eigenvalue weighted by molar-refractivity contribution is -0.140. The minimum Gasteiger partial charge on any atom is -0.481 e. The van der Waals surface area contributed by atoms with Gasteiger partial charge >= 0.3 is 5.97 Å². The SMILES string of the molecule is CN(C)C(=O)CC1(CNC(=O)c2ccc(C#Cc3ccccc3F)cc2)CCCCC1.O=C(O)CC1(CNC(=O)c2ccc(C#Cc3ccccc3F)cc2)CCCCC1. The van der Waals surface area contributed by atoms with Crippen molar-refractivity contribution in [1.29, 1.82) is 0 Å². The first-order chi connectivity index (χ1) is 28.9. The van der Waals surface area contributed by atoms with E-state index in [0.717, 1.165) is 57.8 Å². The summed E-state index contributed by atoms with van der Waals surface area (Å²) in [6.07, 6.45) is 10.6. The molecule has 4 aromatic rings. The molecule has 0 radical (unpaired) electrons. The van der Waals surface area contributed by atoms with Crippen LogP contribution in [0.5, 0.6) is 0 Å². The number of hydrogen-bond acceptors (Lipinski definition) is 4. The molecule has 3 amide bonds. The number of nitrogens with zero attached hydrogens (tertiary/aromatic N) is 1. The molecule has 2 saturated carbocycles. The third kappa shape index (κ3) is 13.4. The highest BCUT2D eigenvalue weighted by atomic mass is 19.1. The lowest BCUT2D eigenvalue weighted by Gasteiger charge is -2.37. The second-order valence-electron chi connectivity index (χ2n) is 16.1. The average Bonchev–Trinajstić information content (AvgIpc) is 3.25. The first-order valence-electron chi connectivity index (χ1n) is 20.6. The van der Waals surface area contributed by atoms with Crippen molar-refractivity contribution < 1.29 is 33.1 Å². The normalized spacial score (nSPS) is 14.9. The van der Waals surface area contributed by atoms with Crippen molar-refractivity contribution in [3.8, 4) is 23.7 Å². The van der Waals surface area contributed by atoms with Gasteiger partial charge in [-0.1, -0.05) is 86.5 Å². The van der Waals surface area contributed by atoms with Gasteiger partial charge < -0.3 is 20.6 Å². The van der Waals surface area contributed by atoms with Crippen molar-refractivity contribution in [2.24, 2.45) is 10.8 Å². The molecule has 0 aromatic heterocycles. The van der Waals surface area contributed by atoms with E-state index in [-0.39, 0.29) is 46.6 Å². The summed E-state index contributed by atoms with van der Waals surface area (Å²) in [5.41, 5.74) is 2.56. The summed E-state index contributed by atoms with van der Waals surface area (Å²) in [7, 11) is 3.54. The predicted octanol–water partition coefficient (Wildman–Crippen LogP) is 8.76. The molecule has 8 nitrogen and oxygen atoms in total. The van der Waals surface area contributed by atoms with E-state index >= 15 is 0 Å². The molecule has 2 aliphatic rings. The zero-order chi connectivity index (χ0) is 43.0. The molecule has 60 heavy (non-hydrogen) atoms. The molecule has 0 unspecified atom stereocenters. The Balaban J connectivity index is 0.000000228. The van der Waals surface area contributed by atoms with E-state index in [1.165, 1.54) is 18.6 Å². The van der Waals surface area contributed by atoms with Crippen LogP contribution in [0.2, 0.25) is 0 Å². The lowest BCUT2D eigenvalue weighted by Crippen LogP contribution is -2.42. The monoisotopic (exact) mass is 813 g/mol. The molecule has 0 heterocycles. The molecule has 2 aliphatic carbocycles. The molecule has 0 saturated heterocycles. The summed E-state index contributed by atoms with van der Waals surface area (Å²) in [5.74, 6) is 9.61. The zero-order valence-corrected chi connectivity index (χ0v) is 34.4. The van der Waals surface area contributed by atoms with Crippen LogP contribution >= 0.6 is 0 Å². The number of aliphatic carboxylic acids is 1. The van der Waals surface area contributed by atoms with Crippen molar-refractivity contribution in [3.63, 3.8) is 0 Å². The summed E-state index contributed by atoms with van der Waals surface area (Å²) >= 11 is 0. The number of carbonyl (C=O) groups is 4. The van der Waals surface area contributed by atoms with Gasteiger partial charge in [-0.15, -0.1) is 0 Å². The fraction of sp³-hybridized carbons (Fsp3) is 0.360. The van der Waals surface area contributed by atoms with Gasteiger partial charge in [-0.2, -0.15) is 0 Å². The van der Waals surface area contributed by atoms with Gasteiger partial charge in [0.25, 0.3) is 11.8 Å². The van der Waals surface area contributed by atoms with Crippen LogP contribution in [0.15, 0.2) is 97.1 Å². The number of carboxylic acids is 1. The summed E-state index contributed by atoms with van der Waals surface area (Å²) in [6, 6.07) is 26.4. The van der Waals surface area contributed by atoms with Gasteiger partial charge in [0, 0.05) is 55.9 Å². The van der Waals surface area contributed by atoms with Crippen LogP contribution in [0.4, 0.5) is 8.78 Å². The first kappa shape index (κ1) is 44.8. The van der Waals surface area contributed by atoms with Gasteiger partial charge in [-0.05, 0) is 109 Å². The molecule has 6 rings (SSSR count). The molecule has 0 spiro atoms. The summed E-state index contributed by atoms with van der Waals surface area (Å²) < 4.78 is 27.3. The van der Waals surface area contributed by atoms with E-state index in [0.29, 0.717) is 52.9 Å². The Labute approximate surface area is 352 Å². The Morgan fingerprint density at radius 3 is 1.32 bits per heavy atom. The van der Waals surface area contributed by atoms with Gasteiger partial charge in [0.2, 0.25) is 5.91 Å². The molecule has 0 aliphatic heterocycles. The van der Waals surface area contributed by atoms with Crippen LogP contribution in [0.1, 0.15) is 120 Å². The first-order valence-corrected chi connectivity index (χ1v) is 20.6. The molecular weight excluding hydrogens is 761 g/mol. The Hall–Kier alpha value is -6.26. The molecule has 312 valence electrons. The highest BCUT2D eigenvalue weighted by Crippen LogP contribution is 2.40. The number of benzene rings is 4. The van der Waals surface area contributed by atoms with Crippen molar-refractivity contribution in [2.45, 2.75) is 77.0 Å². The van der Waals surface area contributed by atoms with Gasteiger partial charge in [0.15, 0.2) is 0 Å². The number of carboxylic acid groups (broad SMARTS) is 1. The predicted molar refractivity (Wildman–Crippen MR) is 229 cm³/mol. The van der Waals surface area contributed by atoms with E-state index in [2.05, 4.69) is 34.3 Å². The average molecular weight is 814 g/mol. The quantitative estimate of drug-likeness (QED) is 0.139. The Bertz CT molecular complexity index is 2240. The molecule has 2 fully saturated rings. The number of halogens is 2. The third-order valence-electron chi connectivity index (χ3n) is 11.4. The second-order valence-corrected chi connectivity index (χ2v) is 16.1. The fourth-order valence-electron chi connectivity index (χ4n) is 7.79. The van der Waals surface area contributed by atoms with Crippen LogP contribution in [0.25, 0.3) is 0 Å². The smallest absolute Gasteiger partial charge is 0.303 e. The van der Waals surface area contributed by atoms with E-state index in [1.807, 2.05) is 0 Å². The molecule has 0 atom stereocenters. The zero-order valence-electron chi connectivity index (χ0n) is 34.4. The molecule has 0 bridgehead atoms. The number of amides is 3. The molecule has 10 heteroatoms.